The van der Waals surface area contributed by atoms with E-state index in [1.165, 1.54) is 0 Å². The molecule has 1 saturated carbocycles. The van der Waals surface area contributed by atoms with Gasteiger partial charge in [-0.2, -0.15) is 0 Å². The van der Waals surface area contributed by atoms with Crippen LogP contribution in [0.15, 0.2) is 33.6 Å². The third kappa shape index (κ3) is 2.84. The van der Waals surface area contributed by atoms with Crippen LogP contribution in [-0.2, 0) is 10.0 Å². The van der Waals surface area contributed by atoms with Crippen LogP contribution < -0.4 is 4.72 Å². The van der Waals surface area contributed by atoms with Gasteiger partial charge in [0.15, 0.2) is 0 Å². The number of halogens is 1. The lowest BCUT2D eigenvalue weighted by Gasteiger charge is -2.13. The smallest absolute Gasteiger partial charge is 0.208 e. The molecule has 3 nitrogen and oxygen atoms in total. The Morgan fingerprint density at radius 2 is 2.12 bits per heavy atom. The highest BCUT2D eigenvalue weighted by atomic mass is 79.9. The van der Waals surface area contributed by atoms with Crippen LogP contribution in [0.1, 0.15) is 19.8 Å². The van der Waals surface area contributed by atoms with Crippen molar-refractivity contribution >= 4 is 26.0 Å². The predicted octanol–water partition coefficient (Wildman–Crippen LogP) is 2.53. The van der Waals surface area contributed by atoms with Gasteiger partial charge in [-0.1, -0.05) is 22.0 Å². The topological polar surface area (TPSA) is 46.2 Å². The summed E-state index contributed by atoms with van der Waals surface area (Å²) in [5.41, 5.74) is 0. The summed E-state index contributed by atoms with van der Waals surface area (Å²) in [5, 5.41) is 0. The summed E-state index contributed by atoms with van der Waals surface area (Å²) >= 11 is 3.27. The van der Waals surface area contributed by atoms with Crippen molar-refractivity contribution in [1.29, 1.82) is 0 Å². The van der Waals surface area contributed by atoms with Crippen molar-refractivity contribution in [2.75, 3.05) is 0 Å². The van der Waals surface area contributed by atoms with E-state index in [2.05, 4.69) is 20.7 Å². The van der Waals surface area contributed by atoms with E-state index in [1.54, 1.807) is 18.2 Å². The molecule has 1 aromatic carbocycles. The van der Waals surface area contributed by atoms with Gasteiger partial charge < -0.3 is 0 Å². The van der Waals surface area contributed by atoms with Gasteiger partial charge >= 0.3 is 0 Å². The summed E-state index contributed by atoms with van der Waals surface area (Å²) in [5.74, 6) is 0.516. The van der Waals surface area contributed by atoms with E-state index >= 15 is 0 Å². The van der Waals surface area contributed by atoms with Crippen LogP contribution in [0.2, 0.25) is 0 Å². The Kier molecular flexibility index (Phi) is 3.37. The van der Waals surface area contributed by atoms with Crippen LogP contribution in [0, 0.1) is 5.92 Å². The van der Waals surface area contributed by atoms with E-state index in [1.807, 2.05) is 13.0 Å². The molecule has 0 aromatic heterocycles. The second-order valence-corrected chi connectivity index (χ2v) is 6.83. The highest BCUT2D eigenvalue weighted by molar-refractivity contribution is 9.10. The molecule has 1 aromatic rings. The molecule has 0 aliphatic heterocycles. The van der Waals surface area contributed by atoms with E-state index in [-0.39, 0.29) is 6.04 Å². The summed E-state index contributed by atoms with van der Waals surface area (Å²) in [6.45, 7) is 1.92. The molecule has 16 heavy (non-hydrogen) atoms. The van der Waals surface area contributed by atoms with Gasteiger partial charge in [0.25, 0.3) is 0 Å². The molecule has 0 bridgehead atoms. The normalized spacial score (nSPS) is 18.4. The molecule has 88 valence electrons. The largest absolute Gasteiger partial charge is 0.240 e. The van der Waals surface area contributed by atoms with Gasteiger partial charge in [0.1, 0.15) is 0 Å². The number of nitrogens with one attached hydrogen (secondary N) is 1. The van der Waals surface area contributed by atoms with E-state index in [4.69, 9.17) is 0 Å². The van der Waals surface area contributed by atoms with Crippen molar-refractivity contribution in [3.8, 4) is 0 Å². The Hall–Kier alpha value is -0.390. The van der Waals surface area contributed by atoms with Gasteiger partial charge in [-0.3, -0.25) is 0 Å². The van der Waals surface area contributed by atoms with Crippen molar-refractivity contribution < 1.29 is 8.42 Å². The Morgan fingerprint density at radius 1 is 1.44 bits per heavy atom. The second-order valence-electron chi connectivity index (χ2n) is 4.20. The lowest BCUT2D eigenvalue weighted by Crippen LogP contribution is -2.33. The van der Waals surface area contributed by atoms with Crippen LogP contribution in [-0.4, -0.2) is 14.5 Å². The fourth-order valence-electron chi connectivity index (χ4n) is 1.64. The average molecular weight is 304 g/mol. The first-order valence-corrected chi connectivity index (χ1v) is 7.54. The van der Waals surface area contributed by atoms with Crippen molar-refractivity contribution in [3.63, 3.8) is 0 Å². The minimum atomic E-state index is -3.37. The molecule has 1 unspecified atom stereocenters. The predicted molar refractivity (Wildman–Crippen MR) is 66.6 cm³/mol. The molecule has 0 spiro atoms. The Labute approximate surface area is 104 Å². The molecule has 0 radical (unpaired) electrons. The lowest BCUT2D eigenvalue weighted by atomic mass is 10.2. The molecule has 0 amide bonds. The van der Waals surface area contributed by atoms with Crippen LogP contribution in [0.25, 0.3) is 0 Å². The molecule has 1 atom stereocenters. The highest BCUT2D eigenvalue weighted by Gasteiger charge is 2.31. The van der Waals surface area contributed by atoms with Gasteiger partial charge in [0.2, 0.25) is 10.0 Å². The number of rotatable bonds is 4. The van der Waals surface area contributed by atoms with Gasteiger partial charge in [-0.25, -0.2) is 13.1 Å². The quantitative estimate of drug-likeness (QED) is 0.929. The van der Waals surface area contributed by atoms with Crippen LogP contribution in [0.5, 0.6) is 0 Å². The maximum atomic E-state index is 12.0. The maximum absolute atomic E-state index is 12.0. The van der Waals surface area contributed by atoms with Gasteiger partial charge in [-0.15, -0.1) is 0 Å². The molecule has 1 aliphatic rings. The lowest BCUT2D eigenvalue weighted by molar-refractivity contribution is 0.538. The van der Waals surface area contributed by atoms with Crippen LogP contribution >= 0.6 is 15.9 Å². The van der Waals surface area contributed by atoms with Gasteiger partial charge in [0.05, 0.1) is 4.90 Å². The first-order chi connectivity index (χ1) is 7.49. The first-order valence-electron chi connectivity index (χ1n) is 5.27. The molecule has 2 rings (SSSR count). The summed E-state index contributed by atoms with van der Waals surface area (Å²) in [6.07, 6.45) is 2.25. The highest BCUT2D eigenvalue weighted by Crippen LogP contribution is 2.33. The maximum Gasteiger partial charge on any atom is 0.240 e. The average Bonchev–Trinajstić information content (AvgIpc) is 3.00. The second kappa shape index (κ2) is 4.47. The Bertz CT molecular complexity index is 483. The van der Waals surface area contributed by atoms with Crippen LogP contribution in [0.3, 0.4) is 0 Å². The number of sulfonamides is 1. The van der Waals surface area contributed by atoms with Gasteiger partial charge in [-0.05, 0) is 43.9 Å². The summed E-state index contributed by atoms with van der Waals surface area (Å²) in [7, 11) is -3.37. The number of hydrogen-bond acceptors (Lipinski definition) is 2. The zero-order chi connectivity index (χ0) is 11.8. The fourth-order valence-corrected chi connectivity index (χ4v) is 3.55. The Morgan fingerprint density at radius 3 is 2.69 bits per heavy atom. The molecule has 1 aliphatic carbocycles. The summed E-state index contributed by atoms with van der Waals surface area (Å²) in [4.78, 5) is 0.314. The minimum absolute atomic E-state index is 0.0315. The van der Waals surface area contributed by atoms with Crippen molar-refractivity contribution in [1.82, 2.24) is 4.72 Å². The van der Waals surface area contributed by atoms with E-state index in [9.17, 15) is 8.42 Å². The van der Waals surface area contributed by atoms with Gasteiger partial charge in [0, 0.05) is 10.5 Å². The summed E-state index contributed by atoms with van der Waals surface area (Å²) in [6, 6.07) is 6.78. The first kappa shape index (κ1) is 12.1. The fraction of sp³-hybridized carbons (Fsp3) is 0.455. The molecule has 1 fully saturated rings. The molecular formula is C11H14BrNO2S. The molecule has 5 heteroatoms. The van der Waals surface area contributed by atoms with E-state index < -0.39 is 10.0 Å². The molecule has 0 heterocycles. The Balaban J connectivity index is 2.17. The number of hydrogen-bond donors (Lipinski definition) is 1. The molecule has 0 saturated heterocycles. The van der Waals surface area contributed by atoms with Crippen molar-refractivity contribution in [3.05, 3.63) is 28.7 Å². The van der Waals surface area contributed by atoms with Crippen LogP contribution in [0.4, 0.5) is 0 Å². The molecule has 1 N–H and O–H groups in total. The SMILES string of the molecule is CC(NS(=O)(=O)c1cccc(Br)c1)C1CC1. The third-order valence-corrected chi connectivity index (χ3v) is 4.83. The number of benzene rings is 1. The van der Waals surface area contributed by atoms with E-state index in [0.717, 1.165) is 17.3 Å². The standard InChI is InChI=1S/C11H14BrNO2S/c1-8(9-5-6-9)13-16(14,15)11-4-2-3-10(12)7-11/h2-4,7-9,13H,5-6H2,1H3. The van der Waals surface area contributed by atoms with Crippen molar-refractivity contribution in [2.45, 2.75) is 30.7 Å². The third-order valence-electron chi connectivity index (χ3n) is 2.78. The minimum Gasteiger partial charge on any atom is -0.208 e. The zero-order valence-electron chi connectivity index (χ0n) is 8.98. The monoisotopic (exact) mass is 303 g/mol. The zero-order valence-corrected chi connectivity index (χ0v) is 11.4. The van der Waals surface area contributed by atoms with E-state index in [0.29, 0.717) is 10.8 Å². The summed E-state index contributed by atoms with van der Waals surface area (Å²) < 4.78 is 27.5. The molecular weight excluding hydrogens is 290 g/mol. The van der Waals surface area contributed by atoms with Crippen molar-refractivity contribution in [2.24, 2.45) is 5.92 Å².